The van der Waals surface area contributed by atoms with E-state index in [1.165, 1.54) is 30.4 Å². The first kappa shape index (κ1) is 8.15. The summed E-state index contributed by atoms with van der Waals surface area (Å²) >= 11 is 0. The van der Waals surface area contributed by atoms with Gasteiger partial charge in [0.2, 0.25) is 0 Å². The van der Waals surface area contributed by atoms with Gasteiger partial charge in [-0.1, -0.05) is 16.3 Å². The summed E-state index contributed by atoms with van der Waals surface area (Å²) in [6.07, 6.45) is 4.88. The second kappa shape index (κ2) is 4.04. The van der Waals surface area contributed by atoms with E-state index in [-0.39, 0.29) is 0 Å². The fourth-order valence-electron chi connectivity index (χ4n) is 1.45. The summed E-state index contributed by atoms with van der Waals surface area (Å²) in [7, 11) is 0. The topological polar surface area (TPSA) is 48.8 Å². The van der Waals surface area contributed by atoms with E-state index in [4.69, 9.17) is 5.53 Å². The van der Waals surface area contributed by atoms with Crippen LogP contribution < -0.4 is 0 Å². The summed E-state index contributed by atoms with van der Waals surface area (Å²) in [5.74, 6) is 0. The standard InChI is InChI=1S/C8H13N3/c1-7-4-2-3-5-8(7)6-10-11-9/h2-6H2,1H3. The molecule has 3 nitrogen and oxygen atoms in total. The fraction of sp³-hybridized carbons (Fsp3) is 0.750. The highest BCUT2D eigenvalue weighted by atomic mass is 15.1. The lowest BCUT2D eigenvalue weighted by Crippen LogP contribution is -1.99. The zero-order valence-electron chi connectivity index (χ0n) is 6.88. The van der Waals surface area contributed by atoms with Crippen molar-refractivity contribution in [3.8, 4) is 0 Å². The van der Waals surface area contributed by atoms with Gasteiger partial charge in [0, 0.05) is 11.5 Å². The van der Waals surface area contributed by atoms with Gasteiger partial charge in [-0.05, 0) is 38.1 Å². The van der Waals surface area contributed by atoms with Crippen LogP contribution >= 0.6 is 0 Å². The van der Waals surface area contributed by atoms with E-state index in [0.717, 1.165) is 6.42 Å². The van der Waals surface area contributed by atoms with E-state index in [0.29, 0.717) is 6.54 Å². The van der Waals surface area contributed by atoms with Crippen molar-refractivity contribution >= 4 is 0 Å². The van der Waals surface area contributed by atoms with Crippen molar-refractivity contribution in [2.24, 2.45) is 5.11 Å². The number of hydrogen-bond donors (Lipinski definition) is 0. The Morgan fingerprint density at radius 1 is 1.45 bits per heavy atom. The van der Waals surface area contributed by atoms with Gasteiger partial charge < -0.3 is 0 Å². The second-order valence-electron chi connectivity index (χ2n) is 2.98. The Morgan fingerprint density at radius 2 is 2.18 bits per heavy atom. The molecule has 0 saturated heterocycles. The van der Waals surface area contributed by atoms with Crippen molar-refractivity contribution in [3.63, 3.8) is 0 Å². The smallest absolute Gasteiger partial charge is 0.0472 e. The molecule has 0 radical (unpaired) electrons. The highest BCUT2D eigenvalue weighted by Crippen LogP contribution is 2.24. The van der Waals surface area contributed by atoms with Gasteiger partial charge in [-0.25, -0.2) is 0 Å². The van der Waals surface area contributed by atoms with E-state index in [1.54, 1.807) is 0 Å². The molecule has 0 N–H and O–H groups in total. The summed E-state index contributed by atoms with van der Waals surface area (Å²) in [5, 5.41) is 3.57. The Labute approximate surface area is 66.7 Å². The van der Waals surface area contributed by atoms with Gasteiger partial charge in [-0.15, -0.1) is 0 Å². The van der Waals surface area contributed by atoms with E-state index < -0.39 is 0 Å². The maximum Gasteiger partial charge on any atom is 0.0472 e. The van der Waals surface area contributed by atoms with Crippen LogP contribution in [-0.4, -0.2) is 6.54 Å². The van der Waals surface area contributed by atoms with Gasteiger partial charge in [0.15, 0.2) is 0 Å². The Hall–Kier alpha value is -0.950. The molecule has 0 amide bonds. The molecule has 11 heavy (non-hydrogen) atoms. The monoisotopic (exact) mass is 151 g/mol. The molecule has 0 heterocycles. The second-order valence-corrected chi connectivity index (χ2v) is 2.98. The first-order valence-electron chi connectivity index (χ1n) is 4.03. The van der Waals surface area contributed by atoms with Crippen LogP contribution in [0.5, 0.6) is 0 Å². The quantitative estimate of drug-likeness (QED) is 0.252. The number of azide groups is 1. The zero-order chi connectivity index (χ0) is 8.10. The van der Waals surface area contributed by atoms with Crippen molar-refractivity contribution in [2.75, 3.05) is 6.54 Å². The highest BCUT2D eigenvalue weighted by molar-refractivity contribution is 5.16. The largest absolute Gasteiger partial charge is 0.0896 e. The minimum absolute atomic E-state index is 0.586. The Bertz CT molecular complexity index is 211. The van der Waals surface area contributed by atoms with Crippen molar-refractivity contribution in [3.05, 3.63) is 21.6 Å². The van der Waals surface area contributed by atoms with Gasteiger partial charge in [0.05, 0.1) is 0 Å². The van der Waals surface area contributed by atoms with Crippen molar-refractivity contribution in [2.45, 2.75) is 32.6 Å². The molecule has 0 aromatic carbocycles. The Kier molecular flexibility index (Phi) is 2.99. The molecule has 0 atom stereocenters. The lowest BCUT2D eigenvalue weighted by molar-refractivity contribution is 0.662. The molecular formula is C8H13N3. The third kappa shape index (κ3) is 2.28. The summed E-state index contributed by atoms with van der Waals surface area (Å²) in [6.45, 7) is 2.73. The SMILES string of the molecule is CC1=C(CN=[N+]=[N-])CCCC1. The average molecular weight is 151 g/mol. The van der Waals surface area contributed by atoms with Gasteiger partial charge in [0.25, 0.3) is 0 Å². The Morgan fingerprint density at radius 3 is 2.82 bits per heavy atom. The van der Waals surface area contributed by atoms with Crippen molar-refractivity contribution in [1.29, 1.82) is 0 Å². The molecule has 0 aliphatic heterocycles. The maximum atomic E-state index is 8.12. The number of allylic oxidation sites excluding steroid dienone is 1. The molecule has 0 spiro atoms. The third-order valence-corrected chi connectivity index (χ3v) is 2.21. The Balaban J connectivity index is 2.58. The van der Waals surface area contributed by atoms with E-state index >= 15 is 0 Å². The normalized spacial score (nSPS) is 17.9. The highest BCUT2D eigenvalue weighted by Gasteiger charge is 2.07. The zero-order valence-corrected chi connectivity index (χ0v) is 6.88. The first-order valence-corrected chi connectivity index (χ1v) is 4.03. The molecule has 0 fully saturated rings. The van der Waals surface area contributed by atoms with Crippen LogP contribution in [0, 0.1) is 0 Å². The molecule has 1 rings (SSSR count). The minimum atomic E-state index is 0.586. The van der Waals surface area contributed by atoms with Crippen molar-refractivity contribution in [1.82, 2.24) is 0 Å². The van der Waals surface area contributed by atoms with Crippen LogP contribution in [0.2, 0.25) is 0 Å². The number of rotatable bonds is 2. The van der Waals surface area contributed by atoms with E-state index in [9.17, 15) is 0 Å². The molecule has 1 aliphatic carbocycles. The molecule has 0 bridgehead atoms. The summed E-state index contributed by atoms with van der Waals surface area (Å²) in [6, 6.07) is 0. The van der Waals surface area contributed by atoms with Crippen LogP contribution in [-0.2, 0) is 0 Å². The lowest BCUT2D eigenvalue weighted by atomic mass is 9.93. The van der Waals surface area contributed by atoms with E-state index in [1.807, 2.05) is 0 Å². The van der Waals surface area contributed by atoms with Crippen LogP contribution in [0.15, 0.2) is 16.3 Å². The van der Waals surface area contributed by atoms with Gasteiger partial charge in [-0.3, -0.25) is 0 Å². The molecular weight excluding hydrogens is 138 g/mol. The average Bonchev–Trinajstić information content (AvgIpc) is 2.03. The van der Waals surface area contributed by atoms with Crippen LogP contribution in [0.25, 0.3) is 10.4 Å². The summed E-state index contributed by atoms with van der Waals surface area (Å²) in [4.78, 5) is 2.76. The van der Waals surface area contributed by atoms with Crippen molar-refractivity contribution < 1.29 is 0 Å². The molecule has 0 aromatic rings. The minimum Gasteiger partial charge on any atom is -0.0896 e. The number of nitrogens with zero attached hydrogens (tertiary/aromatic N) is 3. The third-order valence-electron chi connectivity index (χ3n) is 2.21. The predicted octanol–water partition coefficient (Wildman–Crippen LogP) is 3.19. The fourth-order valence-corrected chi connectivity index (χ4v) is 1.45. The lowest BCUT2D eigenvalue weighted by Gasteiger charge is -2.15. The van der Waals surface area contributed by atoms with Gasteiger partial charge >= 0.3 is 0 Å². The van der Waals surface area contributed by atoms with Crippen LogP contribution in [0.1, 0.15) is 32.6 Å². The number of hydrogen-bond acceptors (Lipinski definition) is 1. The molecule has 60 valence electrons. The summed E-state index contributed by atoms with van der Waals surface area (Å²) in [5.41, 5.74) is 10.9. The molecule has 0 aromatic heterocycles. The van der Waals surface area contributed by atoms with Gasteiger partial charge in [-0.2, -0.15) is 0 Å². The van der Waals surface area contributed by atoms with Crippen LogP contribution in [0.3, 0.4) is 0 Å². The van der Waals surface area contributed by atoms with Gasteiger partial charge in [0.1, 0.15) is 0 Å². The molecule has 0 unspecified atom stereocenters. The molecule has 1 aliphatic rings. The molecule has 3 heteroatoms. The predicted molar refractivity (Wildman–Crippen MR) is 45.2 cm³/mol. The van der Waals surface area contributed by atoms with E-state index in [2.05, 4.69) is 16.9 Å². The first-order chi connectivity index (χ1) is 5.34. The molecule has 0 saturated carbocycles. The maximum absolute atomic E-state index is 8.12. The van der Waals surface area contributed by atoms with Crippen LogP contribution in [0.4, 0.5) is 0 Å². The summed E-state index contributed by atoms with van der Waals surface area (Å²) < 4.78 is 0.